The Morgan fingerprint density at radius 1 is 1.45 bits per heavy atom. The molecule has 0 atom stereocenters. The molecule has 0 aromatic carbocycles. The van der Waals surface area contributed by atoms with Crippen LogP contribution in [0.3, 0.4) is 0 Å². The Bertz CT molecular complexity index is 366. The van der Waals surface area contributed by atoms with Crippen molar-refractivity contribution < 1.29 is 0 Å². The molecule has 0 bridgehead atoms. The summed E-state index contributed by atoms with van der Waals surface area (Å²) < 4.78 is 1.51. The molecule has 2 heterocycles. The number of aromatic nitrogens is 4. The quantitative estimate of drug-likeness (QED) is 0.419. The van der Waals surface area contributed by atoms with E-state index in [-0.39, 0.29) is 0 Å². The summed E-state index contributed by atoms with van der Waals surface area (Å²) in [5, 5.41) is 3.89. The number of nitrogens with one attached hydrogen (secondary N) is 1. The molecule has 0 aliphatic rings. The minimum atomic E-state index is 0.528. The summed E-state index contributed by atoms with van der Waals surface area (Å²) >= 11 is 0. The summed E-state index contributed by atoms with van der Waals surface area (Å²) in [7, 11) is 0. The normalized spacial score (nSPS) is 10.3. The molecule has 0 saturated heterocycles. The van der Waals surface area contributed by atoms with Gasteiger partial charge < -0.3 is 5.43 Å². The SMILES string of the molecule is NNc1ccnc2ncnn12. The fourth-order valence-corrected chi connectivity index (χ4v) is 0.848. The number of nitrogens with two attached hydrogens (primary N) is 1. The van der Waals surface area contributed by atoms with Crippen LogP contribution in [0.4, 0.5) is 5.82 Å². The molecule has 0 spiro atoms. The Kier molecular flexibility index (Phi) is 1.19. The zero-order valence-electron chi connectivity index (χ0n) is 5.60. The summed E-state index contributed by atoms with van der Waals surface area (Å²) in [6.07, 6.45) is 3.03. The maximum atomic E-state index is 5.21. The fourth-order valence-electron chi connectivity index (χ4n) is 0.848. The van der Waals surface area contributed by atoms with Crippen molar-refractivity contribution in [3.63, 3.8) is 0 Å². The number of nitrogens with zero attached hydrogens (tertiary/aromatic N) is 4. The van der Waals surface area contributed by atoms with Crippen LogP contribution in [0.1, 0.15) is 0 Å². The molecule has 0 aliphatic carbocycles. The lowest BCUT2D eigenvalue weighted by atomic mass is 10.6. The lowest BCUT2D eigenvalue weighted by Gasteiger charge is -1.99. The molecule has 0 saturated carbocycles. The Hall–Kier alpha value is -1.69. The average Bonchev–Trinajstić information content (AvgIpc) is 2.50. The molecule has 0 unspecified atom stereocenters. The van der Waals surface area contributed by atoms with Crippen LogP contribution < -0.4 is 11.3 Å². The lowest BCUT2D eigenvalue weighted by molar-refractivity contribution is 0.935. The fraction of sp³-hybridized carbons (Fsp3) is 0. The molecule has 0 amide bonds. The number of hydrogen-bond acceptors (Lipinski definition) is 5. The van der Waals surface area contributed by atoms with Gasteiger partial charge in [-0.05, 0) is 0 Å². The van der Waals surface area contributed by atoms with Crippen molar-refractivity contribution in [2.24, 2.45) is 5.84 Å². The Morgan fingerprint density at radius 2 is 2.36 bits per heavy atom. The van der Waals surface area contributed by atoms with E-state index in [4.69, 9.17) is 5.84 Å². The molecule has 11 heavy (non-hydrogen) atoms. The predicted molar refractivity (Wildman–Crippen MR) is 38.6 cm³/mol. The van der Waals surface area contributed by atoms with Crippen LogP contribution in [0.2, 0.25) is 0 Å². The van der Waals surface area contributed by atoms with Gasteiger partial charge in [0.15, 0.2) is 0 Å². The molecule has 56 valence electrons. The van der Waals surface area contributed by atoms with Crippen molar-refractivity contribution in [1.29, 1.82) is 0 Å². The zero-order valence-corrected chi connectivity index (χ0v) is 5.60. The second-order valence-electron chi connectivity index (χ2n) is 1.95. The zero-order chi connectivity index (χ0) is 7.68. The van der Waals surface area contributed by atoms with Gasteiger partial charge in [0.05, 0.1) is 0 Å². The number of fused-ring (bicyclic) bond motifs is 1. The van der Waals surface area contributed by atoms with Gasteiger partial charge in [-0.25, -0.2) is 10.8 Å². The van der Waals surface area contributed by atoms with Gasteiger partial charge in [-0.3, -0.25) is 0 Å². The third-order valence-electron chi connectivity index (χ3n) is 1.33. The van der Waals surface area contributed by atoms with Crippen LogP contribution in [-0.2, 0) is 0 Å². The van der Waals surface area contributed by atoms with Crippen molar-refractivity contribution in [3.8, 4) is 0 Å². The van der Waals surface area contributed by atoms with Crippen molar-refractivity contribution in [2.75, 3.05) is 5.43 Å². The molecule has 0 radical (unpaired) electrons. The van der Waals surface area contributed by atoms with Crippen LogP contribution >= 0.6 is 0 Å². The second kappa shape index (κ2) is 2.17. The van der Waals surface area contributed by atoms with Crippen LogP contribution in [-0.4, -0.2) is 19.6 Å². The average molecular weight is 150 g/mol. The minimum absolute atomic E-state index is 0.528. The van der Waals surface area contributed by atoms with Crippen molar-refractivity contribution in [3.05, 3.63) is 18.6 Å². The molecular formula is C5H6N6. The smallest absolute Gasteiger partial charge is 0.254 e. The van der Waals surface area contributed by atoms with Crippen LogP contribution in [0.15, 0.2) is 18.6 Å². The van der Waals surface area contributed by atoms with Gasteiger partial charge >= 0.3 is 0 Å². The van der Waals surface area contributed by atoms with Gasteiger partial charge in [0.2, 0.25) is 0 Å². The molecule has 6 heteroatoms. The van der Waals surface area contributed by atoms with Gasteiger partial charge in [-0.2, -0.15) is 14.6 Å². The largest absolute Gasteiger partial charge is 0.308 e. The van der Waals surface area contributed by atoms with E-state index in [2.05, 4.69) is 20.5 Å². The van der Waals surface area contributed by atoms with E-state index < -0.39 is 0 Å². The maximum Gasteiger partial charge on any atom is 0.254 e. The van der Waals surface area contributed by atoms with Crippen LogP contribution in [0, 0.1) is 0 Å². The highest BCUT2D eigenvalue weighted by Gasteiger charge is 1.98. The van der Waals surface area contributed by atoms with Crippen molar-refractivity contribution in [2.45, 2.75) is 0 Å². The summed E-state index contributed by atoms with van der Waals surface area (Å²) in [6, 6.07) is 1.71. The summed E-state index contributed by atoms with van der Waals surface area (Å²) in [4.78, 5) is 7.82. The predicted octanol–water partition coefficient (Wildman–Crippen LogP) is -0.590. The molecular weight excluding hydrogens is 144 g/mol. The maximum absolute atomic E-state index is 5.21. The number of rotatable bonds is 1. The summed E-state index contributed by atoms with van der Waals surface area (Å²) in [6.45, 7) is 0. The van der Waals surface area contributed by atoms with Gasteiger partial charge in [0.25, 0.3) is 5.78 Å². The number of hydrogen-bond donors (Lipinski definition) is 2. The third-order valence-corrected chi connectivity index (χ3v) is 1.33. The molecule has 2 rings (SSSR count). The standard InChI is InChI=1S/C5H6N6/c6-10-4-1-2-7-5-8-3-9-11(4)5/h1-3,10H,6H2. The highest BCUT2D eigenvalue weighted by atomic mass is 15.4. The first-order chi connectivity index (χ1) is 5.42. The molecule has 2 aromatic rings. The highest BCUT2D eigenvalue weighted by molar-refractivity contribution is 5.40. The number of anilines is 1. The first-order valence-corrected chi connectivity index (χ1v) is 3.03. The van der Waals surface area contributed by atoms with Crippen LogP contribution in [0.5, 0.6) is 0 Å². The van der Waals surface area contributed by atoms with E-state index >= 15 is 0 Å². The van der Waals surface area contributed by atoms with Crippen molar-refractivity contribution in [1.82, 2.24) is 19.6 Å². The molecule has 0 fully saturated rings. The summed E-state index contributed by atoms with van der Waals surface area (Å²) in [5.74, 6) is 6.40. The Balaban J connectivity index is 2.79. The Morgan fingerprint density at radius 3 is 3.18 bits per heavy atom. The summed E-state index contributed by atoms with van der Waals surface area (Å²) in [5.41, 5.74) is 2.48. The monoisotopic (exact) mass is 150 g/mol. The van der Waals surface area contributed by atoms with Gasteiger partial charge in [0, 0.05) is 12.3 Å². The van der Waals surface area contributed by atoms with E-state index in [1.54, 1.807) is 12.3 Å². The first-order valence-electron chi connectivity index (χ1n) is 3.03. The van der Waals surface area contributed by atoms with E-state index in [0.717, 1.165) is 0 Å². The third kappa shape index (κ3) is 0.802. The lowest BCUT2D eigenvalue weighted by Crippen LogP contribution is -2.11. The Labute approximate surface area is 62.0 Å². The highest BCUT2D eigenvalue weighted by Crippen LogP contribution is 2.03. The topological polar surface area (TPSA) is 81.1 Å². The van der Waals surface area contributed by atoms with Crippen molar-refractivity contribution >= 4 is 11.6 Å². The van der Waals surface area contributed by atoms with Gasteiger partial charge in [0.1, 0.15) is 12.1 Å². The number of nitrogen functional groups attached to an aromatic ring is 1. The van der Waals surface area contributed by atoms with Crippen LogP contribution in [0.25, 0.3) is 5.78 Å². The molecule has 0 aliphatic heterocycles. The van der Waals surface area contributed by atoms with E-state index in [0.29, 0.717) is 11.6 Å². The van der Waals surface area contributed by atoms with E-state index in [1.165, 1.54) is 10.8 Å². The van der Waals surface area contributed by atoms with Gasteiger partial charge in [-0.15, -0.1) is 0 Å². The number of hydrazine groups is 1. The van der Waals surface area contributed by atoms with E-state index in [9.17, 15) is 0 Å². The molecule has 2 aromatic heterocycles. The first kappa shape index (κ1) is 6.05. The molecule has 3 N–H and O–H groups in total. The molecule has 6 nitrogen and oxygen atoms in total. The second-order valence-corrected chi connectivity index (χ2v) is 1.95. The van der Waals surface area contributed by atoms with Gasteiger partial charge in [-0.1, -0.05) is 0 Å². The van der Waals surface area contributed by atoms with E-state index in [1.807, 2.05) is 0 Å². The minimum Gasteiger partial charge on any atom is -0.308 e.